The van der Waals surface area contributed by atoms with E-state index in [0.29, 0.717) is 24.9 Å². The molecule has 0 spiro atoms. The summed E-state index contributed by atoms with van der Waals surface area (Å²) in [5.74, 6) is -1.03. The molecule has 0 bridgehead atoms. The smallest absolute Gasteiger partial charge is 0.339 e. The maximum Gasteiger partial charge on any atom is 0.339 e. The maximum absolute atomic E-state index is 13.8. The van der Waals surface area contributed by atoms with E-state index in [1.807, 2.05) is 36.4 Å². The lowest BCUT2D eigenvalue weighted by Crippen LogP contribution is -2.45. The van der Waals surface area contributed by atoms with Gasteiger partial charge in [-0.1, -0.05) is 60.7 Å². The average molecular weight is 386 g/mol. The van der Waals surface area contributed by atoms with Crippen LogP contribution in [0, 0.1) is 0 Å². The predicted molar refractivity (Wildman–Crippen MR) is 108 cm³/mol. The summed E-state index contributed by atoms with van der Waals surface area (Å²) in [7, 11) is 1.10. The van der Waals surface area contributed by atoms with Crippen molar-refractivity contribution in [2.45, 2.75) is 31.2 Å². The molecule has 2 aromatic rings. The molecular formula is C22H24F2N2O2. The van der Waals surface area contributed by atoms with Crippen LogP contribution in [-0.4, -0.2) is 44.0 Å². The highest BCUT2D eigenvalue weighted by molar-refractivity contribution is 5.87. The molecule has 0 radical (unpaired) electrons. The molecule has 0 saturated heterocycles. The molecule has 0 fully saturated rings. The Morgan fingerprint density at radius 2 is 1.57 bits per heavy atom. The summed E-state index contributed by atoms with van der Waals surface area (Å²) in [6.07, 6.45) is 0.910. The Kier molecular flexibility index (Phi) is 8.46. The zero-order valence-corrected chi connectivity index (χ0v) is 15.8. The number of hydrogen-bond acceptors (Lipinski definition) is 4. The third-order valence-electron chi connectivity index (χ3n) is 4.28. The van der Waals surface area contributed by atoms with Crippen molar-refractivity contribution in [3.05, 3.63) is 71.8 Å². The number of alkyl halides is 2. The van der Waals surface area contributed by atoms with Gasteiger partial charge < -0.3 is 4.74 Å². The molecule has 0 aromatic heterocycles. The minimum absolute atomic E-state index is 0.110. The minimum Gasteiger partial charge on any atom is -0.467 e. The molecule has 2 aromatic carbocycles. The van der Waals surface area contributed by atoms with Crippen LogP contribution in [0.2, 0.25) is 0 Å². The Balaban J connectivity index is 2.00. The second kappa shape index (κ2) is 11.1. The molecule has 0 aliphatic heterocycles. The van der Waals surface area contributed by atoms with Crippen LogP contribution < -0.4 is 0 Å². The fraction of sp³-hybridized carbons (Fsp3) is 0.318. The molecule has 1 unspecified atom stereocenters. The Morgan fingerprint density at radius 3 is 2.11 bits per heavy atom. The molecular weight excluding hydrogens is 362 g/mol. The molecule has 0 amide bonds. The third kappa shape index (κ3) is 6.08. The van der Waals surface area contributed by atoms with Gasteiger partial charge in [0.15, 0.2) is 0 Å². The van der Waals surface area contributed by atoms with Crippen molar-refractivity contribution in [2.75, 3.05) is 13.7 Å². The summed E-state index contributed by atoms with van der Waals surface area (Å²) in [5, 5.41) is 0. The van der Waals surface area contributed by atoms with Gasteiger partial charge in [-0.05, 0) is 30.4 Å². The Bertz CT molecular complexity index is 780. The first-order valence-electron chi connectivity index (χ1n) is 9.10. The molecule has 0 saturated carbocycles. The molecule has 2 rings (SSSR count). The first-order valence-corrected chi connectivity index (χ1v) is 9.10. The molecule has 0 aliphatic carbocycles. The number of methoxy groups -OCH3 is 1. The van der Waals surface area contributed by atoms with Gasteiger partial charge in [-0.25, -0.2) is 13.6 Å². The summed E-state index contributed by atoms with van der Waals surface area (Å²) >= 11 is 0. The highest BCUT2D eigenvalue weighted by atomic mass is 19.3. The van der Waals surface area contributed by atoms with Crippen molar-refractivity contribution >= 4 is 18.4 Å². The van der Waals surface area contributed by atoms with Crippen molar-refractivity contribution in [1.82, 2.24) is 0 Å². The molecule has 6 heteroatoms. The van der Waals surface area contributed by atoms with Gasteiger partial charge in [0.2, 0.25) is 5.54 Å². The monoisotopic (exact) mass is 386 g/mol. The number of benzene rings is 2. The average Bonchev–Trinajstić information content (AvgIpc) is 2.73. The van der Waals surface area contributed by atoms with Gasteiger partial charge in [0.25, 0.3) is 6.43 Å². The predicted octanol–water partition coefficient (Wildman–Crippen LogP) is 4.57. The van der Waals surface area contributed by atoms with Crippen LogP contribution in [0.5, 0.6) is 0 Å². The molecule has 4 nitrogen and oxygen atoms in total. The topological polar surface area (TPSA) is 51.0 Å². The van der Waals surface area contributed by atoms with Gasteiger partial charge in [0.05, 0.1) is 7.11 Å². The standard InChI is InChI=1S/C22H24F2N2O2/c1-28-21(27)22(20(23)24,26-17-19-12-6-3-7-13-19)14-8-9-15-25-16-18-10-4-2-5-11-18/h2-7,10-13,16-17,20H,8-9,14-15H2,1H3. The molecule has 1 atom stereocenters. The van der Waals surface area contributed by atoms with Crippen molar-refractivity contribution in [3.63, 3.8) is 0 Å². The summed E-state index contributed by atoms with van der Waals surface area (Å²) in [5.41, 5.74) is -0.580. The van der Waals surface area contributed by atoms with Gasteiger partial charge in [-0.15, -0.1) is 0 Å². The number of carbonyl (C=O) groups excluding carboxylic acids is 1. The Morgan fingerprint density at radius 1 is 1.00 bits per heavy atom. The summed E-state index contributed by atoms with van der Waals surface area (Å²) < 4.78 is 32.3. The van der Waals surface area contributed by atoms with Gasteiger partial charge in [-0.2, -0.15) is 0 Å². The van der Waals surface area contributed by atoms with E-state index >= 15 is 0 Å². The van der Waals surface area contributed by atoms with Crippen molar-refractivity contribution in [3.8, 4) is 0 Å². The number of halogens is 2. The number of carbonyl (C=O) groups is 1. The van der Waals surface area contributed by atoms with E-state index in [1.165, 1.54) is 6.21 Å². The zero-order valence-electron chi connectivity index (χ0n) is 15.8. The molecule has 0 aliphatic rings. The van der Waals surface area contributed by atoms with Crippen molar-refractivity contribution in [2.24, 2.45) is 9.98 Å². The first kappa shape index (κ1) is 21.4. The lowest BCUT2D eigenvalue weighted by molar-refractivity contribution is -0.153. The van der Waals surface area contributed by atoms with Crippen LogP contribution in [-0.2, 0) is 9.53 Å². The number of esters is 1. The SMILES string of the molecule is COC(=O)C(CCCCN=Cc1ccccc1)(N=Cc1ccccc1)C(F)F. The van der Waals surface area contributed by atoms with Crippen LogP contribution in [0.25, 0.3) is 0 Å². The van der Waals surface area contributed by atoms with Gasteiger partial charge in [0, 0.05) is 19.0 Å². The molecule has 148 valence electrons. The maximum atomic E-state index is 13.8. The van der Waals surface area contributed by atoms with E-state index in [2.05, 4.69) is 14.7 Å². The number of aliphatic imine (C=N–C) groups is 2. The van der Waals surface area contributed by atoms with Crippen LogP contribution in [0.15, 0.2) is 70.6 Å². The summed E-state index contributed by atoms with van der Waals surface area (Å²) in [6.45, 7) is 0.484. The normalized spacial score (nSPS) is 13.9. The highest BCUT2D eigenvalue weighted by Crippen LogP contribution is 2.29. The summed E-state index contributed by atoms with van der Waals surface area (Å²) in [6, 6.07) is 18.4. The third-order valence-corrected chi connectivity index (χ3v) is 4.28. The zero-order chi connectivity index (χ0) is 20.2. The lowest BCUT2D eigenvalue weighted by Gasteiger charge is -2.26. The van der Waals surface area contributed by atoms with Crippen molar-refractivity contribution < 1.29 is 18.3 Å². The number of rotatable bonds is 10. The molecule has 0 heterocycles. The second-order valence-electron chi connectivity index (χ2n) is 6.29. The van der Waals surface area contributed by atoms with Gasteiger partial charge >= 0.3 is 5.97 Å². The van der Waals surface area contributed by atoms with Gasteiger partial charge in [0.1, 0.15) is 0 Å². The minimum atomic E-state index is -2.97. The number of unbranched alkanes of at least 4 members (excludes halogenated alkanes) is 1. The van der Waals surface area contributed by atoms with E-state index in [1.54, 1.807) is 30.5 Å². The summed E-state index contributed by atoms with van der Waals surface area (Å²) in [4.78, 5) is 20.4. The fourth-order valence-electron chi connectivity index (χ4n) is 2.69. The van der Waals surface area contributed by atoms with Crippen LogP contribution in [0.1, 0.15) is 30.4 Å². The van der Waals surface area contributed by atoms with E-state index in [4.69, 9.17) is 0 Å². The number of ether oxygens (including phenoxy) is 1. The van der Waals surface area contributed by atoms with E-state index < -0.39 is 17.9 Å². The highest BCUT2D eigenvalue weighted by Gasteiger charge is 2.47. The van der Waals surface area contributed by atoms with Crippen LogP contribution in [0.3, 0.4) is 0 Å². The first-order chi connectivity index (χ1) is 13.6. The molecule has 0 N–H and O–H groups in total. The second-order valence-corrected chi connectivity index (χ2v) is 6.29. The Labute approximate surface area is 164 Å². The number of nitrogens with zero attached hydrogens (tertiary/aromatic N) is 2. The van der Waals surface area contributed by atoms with E-state index in [-0.39, 0.29) is 6.42 Å². The quantitative estimate of drug-likeness (QED) is 0.341. The number of hydrogen-bond donors (Lipinski definition) is 0. The van der Waals surface area contributed by atoms with Crippen molar-refractivity contribution in [1.29, 1.82) is 0 Å². The van der Waals surface area contributed by atoms with Crippen LogP contribution in [0.4, 0.5) is 8.78 Å². The fourth-order valence-corrected chi connectivity index (χ4v) is 2.69. The Hall–Kier alpha value is -2.89. The molecule has 28 heavy (non-hydrogen) atoms. The van der Waals surface area contributed by atoms with E-state index in [9.17, 15) is 13.6 Å². The lowest BCUT2D eigenvalue weighted by atomic mass is 9.93. The van der Waals surface area contributed by atoms with Gasteiger partial charge in [-0.3, -0.25) is 9.98 Å². The van der Waals surface area contributed by atoms with E-state index in [0.717, 1.165) is 12.7 Å². The largest absolute Gasteiger partial charge is 0.467 e. The van der Waals surface area contributed by atoms with Crippen LogP contribution >= 0.6 is 0 Å².